The van der Waals surface area contributed by atoms with Crippen LogP contribution in [0.2, 0.25) is 5.02 Å². The number of ether oxygens (including phenoxy) is 1. The van der Waals surface area contributed by atoms with Gasteiger partial charge in [0.05, 0.1) is 23.5 Å². The highest BCUT2D eigenvalue weighted by Gasteiger charge is 2.28. The van der Waals surface area contributed by atoms with Crippen molar-refractivity contribution < 1.29 is 14.6 Å². The number of carbonyl (C=O) groups excluding carboxylic acids is 1. The van der Waals surface area contributed by atoms with Crippen LogP contribution in [0.3, 0.4) is 0 Å². The molecule has 3 rings (SSSR count). The number of pyridine rings is 1. The molecule has 7 nitrogen and oxygen atoms in total. The highest BCUT2D eigenvalue weighted by molar-refractivity contribution is 6.30. The highest BCUT2D eigenvalue weighted by atomic mass is 35.5. The minimum absolute atomic E-state index is 0.0519. The van der Waals surface area contributed by atoms with E-state index in [4.69, 9.17) is 16.3 Å². The maximum atomic E-state index is 12.4. The van der Waals surface area contributed by atoms with E-state index in [0.29, 0.717) is 36.7 Å². The van der Waals surface area contributed by atoms with E-state index in [1.165, 1.54) is 10.9 Å². The summed E-state index contributed by atoms with van der Waals surface area (Å²) in [5.41, 5.74) is 0. The normalized spacial score (nSPS) is 21.3. The van der Waals surface area contributed by atoms with Gasteiger partial charge in [-0.3, -0.25) is 14.5 Å². The molecule has 128 valence electrons. The van der Waals surface area contributed by atoms with Crippen molar-refractivity contribution in [1.29, 1.82) is 0 Å². The molecule has 1 aliphatic heterocycles. The molecule has 1 fully saturated rings. The molecule has 8 heteroatoms. The van der Waals surface area contributed by atoms with E-state index in [0.717, 1.165) is 0 Å². The fraction of sp³-hybridized carbons (Fsp3) is 0.438. The predicted octanol–water partition coefficient (Wildman–Crippen LogP) is 1.36. The molecular weight excluding hydrogens is 332 g/mol. The number of likely N-dealkylation sites (tertiary alicyclic amines) is 1. The Morgan fingerprint density at radius 1 is 1.38 bits per heavy atom. The van der Waals surface area contributed by atoms with Gasteiger partial charge in [-0.05, 0) is 18.6 Å². The second-order valence-corrected chi connectivity index (χ2v) is 6.16. The fourth-order valence-corrected chi connectivity index (χ4v) is 2.86. The van der Waals surface area contributed by atoms with E-state index in [2.05, 4.69) is 10.1 Å². The van der Waals surface area contributed by atoms with Gasteiger partial charge in [0.15, 0.2) is 0 Å². The summed E-state index contributed by atoms with van der Waals surface area (Å²) in [4.78, 5) is 18.1. The third-order valence-electron chi connectivity index (χ3n) is 3.98. The largest absolute Gasteiger partial charge is 0.486 e. The van der Waals surface area contributed by atoms with Gasteiger partial charge in [-0.25, -0.2) is 0 Å². The van der Waals surface area contributed by atoms with Crippen LogP contribution in [0.5, 0.6) is 5.75 Å². The summed E-state index contributed by atoms with van der Waals surface area (Å²) < 4.78 is 7.32. The van der Waals surface area contributed by atoms with E-state index >= 15 is 0 Å². The molecule has 0 spiro atoms. The van der Waals surface area contributed by atoms with Crippen molar-refractivity contribution in [3.05, 3.63) is 41.9 Å². The Balaban J connectivity index is 1.58. The Bertz CT molecular complexity index is 679. The van der Waals surface area contributed by atoms with Crippen molar-refractivity contribution in [2.75, 3.05) is 13.1 Å². The molecule has 1 N–H and O–H groups in total. The fourth-order valence-electron chi connectivity index (χ4n) is 2.70. The Hall–Kier alpha value is -2.12. The molecule has 0 unspecified atom stereocenters. The quantitative estimate of drug-likeness (QED) is 0.900. The molecule has 3 heterocycles. The van der Waals surface area contributed by atoms with Crippen molar-refractivity contribution >= 4 is 17.5 Å². The number of aliphatic hydroxyl groups is 1. The summed E-state index contributed by atoms with van der Waals surface area (Å²) >= 11 is 5.81. The summed E-state index contributed by atoms with van der Waals surface area (Å²) in [7, 11) is 0. The van der Waals surface area contributed by atoms with Gasteiger partial charge in [-0.1, -0.05) is 11.6 Å². The van der Waals surface area contributed by atoms with Crippen molar-refractivity contribution in [3.8, 4) is 5.75 Å². The monoisotopic (exact) mass is 350 g/mol. The highest BCUT2D eigenvalue weighted by Crippen LogP contribution is 2.19. The summed E-state index contributed by atoms with van der Waals surface area (Å²) in [6.45, 7) is 1.15. The number of hydrogen-bond acceptors (Lipinski definition) is 5. The first-order valence-corrected chi connectivity index (χ1v) is 8.20. The third kappa shape index (κ3) is 4.24. The lowest BCUT2D eigenvalue weighted by Gasteiger charge is -2.21. The standard InChI is InChI=1S/C16H19ClN4O3/c17-12-8-19-21(10-12)11-16(23)20-6-3-14(22)15(4-7-20)24-13-2-1-5-18-9-13/h1-2,5,8-10,14-15,22H,3-4,6-7,11H2/t14-,15-/m0/s1. The van der Waals surface area contributed by atoms with E-state index < -0.39 is 6.10 Å². The Kier molecular flexibility index (Phi) is 5.32. The maximum Gasteiger partial charge on any atom is 0.244 e. The van der Waals surface area contributed by atoms with Crippen LogP contribution in [0, 0.1) is 0 Å². The van der Waals surface area contributed by atoms with Gasteiger partial charge in [0.1, 0.15) is 18.4 Å². The zero-order valence-electron chi connectivity index (χ0n) is 13.1. The Morgan fingerprint density at radius 2 is 2.21 bits per heavy atom. The van der Waals surface area contributed by atoms with Crippen molar-refractivity contribution in [2.24, 2.45) is 0 Å². The lowest BCUT2D eigenvalue weighted by molar-refractivity contribution is -0.132. The third-order valence-corrected chi connectivity index (χ3v) is 4.18. The molecule has 0 bridgehead atoms. The molecule has 2 aromatic rings. The van der Waals surface area contributed by atoms with Crippen molar-refractivity contribution in [3.63, 3.8) is 0 Å². The second-order valence-electron chi connectivity index (χ2n) is 5.73. The van der Waals surface area contributed by atoms with E-state index in [9.17, 15) is 9.90 Å². The van der Waals surface area contributed by atoms with Crippen LogP contribution >= 0.6 is 11.6 Å². The summed E-state index contributed by atoms with van der Waals surface area (Å²) in [5.74, 6) is 0.566. The molecular formula is C16H19ClN4O3. The van der Waals surface area contributed by atoms with Crippen LogP contribution < -0.4 is 4.74 Å². The number of rotatable bonds is 4. The molecule has 0 aliphatic carbocycles. The number of aliphatic hydroxyl groups excluding tert-OH is 1. The van der Waals surface area contributed by atoms with E-state index in [1.807, 2.05) is 0 Å². The van der Waals surface area contributed by atoms with Gasteiger partial charge < -0.3 is 14.7 Å². The summed E-state index contributed by atoms with van der Waals surface area (Å²) in [5, 5.41) is 14.8. The average molecular weight is 351 g/mol. The van der Waals surface area contributed by atoms with E-state index in [-0.39, 0.29) is 18.6 Å². The van der Waals surface area contributed by atoms with E-state index in [1.54, 1.807) is 35.6 Å². The molecule has 0 saturated carbocycles. The molecule has 0 radical (unpaired) electrons. The van der Waals surface area contributed by atoms with Gasteiger partial charge >= 0.3 is 0 Å². The van der Waals surface area contributed by atoms with Crippen LogP contribution in [-0.2, 0) is 11.3 Å². The van der Waals surface area contributed by atoms with Crippen LogP contribution in [0.1, 0.15) is 12.8 Å². The van der Waals surface area contributed by atoms with Crippen LogP contribution in [0.15, 0.2) is 36.9 Å². The van der Waals surface area contributed by atoms with Gasteiger partial charge in [-0.15, -0.1) is 0 Å². The lowest BCUT2D eigenvalue weighted by Crippen LogP contribution is -2.35. The minimum atomic E-state index is -0.623. The predicted molar refractivity (Wildman–Crippen MR) is 87.7 cm³/mol. The van der Waals surface area contributed by atoms with Gasteiger partial charge in [0.2, 0.25) is 5.91 Å². The van der Waals surface area contributed by atoms with Crippen LogP contribution in [-0.4, -0.2) is 56.0 Å². The Labute approximate surface area is 144 Å². The number of aromatic nitrogens is 3. The number of hydrogen-bond donors (Lipinski definition) is 1. The molecule has 1 amide bonds. The second kappa shape index (κ2) is 7.63. The maximum absolute atomic E-state index is 12.4. The average Bonchev–Trinajstić information content (AvgIpc) is 2.89. The number of halogens is 1. The molecule has 24 heavy (non-hydrogen) atoms. The smallest absolute Gasteiger partial charge is 0.244 e. The first-order chi connectivity index (χ1) is 11.6. The number of carbonyl (C=O) groups is 1. The zero-order valence-corrected chi connectivity index (χ0v) is 13.8. The van der Waals surface area contributed by atoms with Crippen LogP contribution in [0.25, 0.3) is 0 Å². The van der Waals surface area contributed by atoms with Crippen molar-refractivity contribution in [1.82, 2.24) is 19.7 Å². The van der Waals surface area contributed by atoms with Crippen LogP contribution in [0.4, 0.5) is 0 Å². The van der Waals surface area contributed by atoms with Gasteiger partial charge in [-0.2, -0.15) is 5.10 Å². The van der Waals surface area contributed by atoms with Crippen molar-refractivity contribution in [2.45, 2.75) is 31.6 Å². The minimum Gasteiger partial charge on any atom is -0.486 e. The molecule has 1 saturated heterocycles. The first kappa shape index (κ1) is 16.7. The summed E-state index contributed by atoms with van der Waals surface area (Å²) in [6, 6.07) is 3.58. The lowest BCUT2D eigenvalue weighted by atomic mass is 10.1. The molecule has 1 aliphatic rings. The molecule has 2 atom stereocenters. The number of amides is 1. The summed E-state index contributed by atoms with van der Waals surface area (Å²) in [6.07, 6.45) is 6.44. The molecule has 0 aromatic carbocycles. The van der Waals surface area contributed by atoms with Gasteiger partial charge in [0, 0.05) is 31.9 Å². The number of nitrogens with zero attached hydrogens (tertiary/aromatic N) is 4. The molecule has 2 aromatic heterocycles. The topological polar surface area (TPSA) is 80.5 Å². The zero-order chi connectivity index (χ0) is 16.9. The van der Waals surface area contributed by atoms with Gasteiger partial charge in [0.25, 0.3) is 0 Å². The SMILES string of the molecule is O=C(Cn1cc(Cl)cn1)N1CC[C@H](Oc2cccnc2)[C@@H](O)CC1. The first-order valence-electron chi connectivity index (χ1n) is 7.82. The Morgan fingerprint density at radius 3 is 2.92 bits per heavy atom.